The molecule has 0 radical (unpaired) electrons. The molecule has 4 heterocycles. The predicted molar refractivity (Wildman–Crippen MR) is 122 cm³/mol. The molecule has 9 heteroatoms. The van der Waals surface area contributed by atoms with E-state index in [2.05, 4.69) is 37.4 Å². The Hall–Kier alpha value is -3.10. The Morgan fingerprint density at radius 3 is 2.52 bits per heavy atom. The largest absolute Gasteiger partial charge is 0.357 e. The van der Waals surface area contributed by atoms with Crippen LogP contribution in [-0.2, 0) is 18.4 Å². The van der Waals surface area contributed by atoms with Crippen molar-refractivity contribution in [3.8, 4) is 0 Å². The number of aliphatic imine (C=N–C) groups is 1. The summed E-state index contributed by atoms with van der Waals surface area (Å²) in [6.45, 7) is 4.42. The van der Waals surface area contributed by atoms with Gasteiger partial charge in [-0.25, -0.2) is 4.98 Å². The highest BCUT2D eigenvalue weighted by Gasteiger charge is 2.27. The highest BCUT2D eigenvalue weighted by Crippen LogP contribution is 2.18. The summed E-state index contributed by atoms with van der Waals surface area (Å²) < 4.78 is 1.71. The maximum Gasteiger partial charge on any atom is 0.246 e. The normalized spacial score (nSPS) is 18.3. The molecule has 9 nitrogen and oxygen atoms in total. The van der Waals surface area contributed by atoms with Crippen LogP contribution in [0.15, 0.2) is 35.7 Å². The molecule has 2 aliphatic heterocycles. The second-order valence-electron chi connectivity index (χ2n) is 8.17. The van der Waals surface area contributed by atoms with Crippen molar-refractivity contribution in [1.82, 2.24) is 25.0 Å². The van der Waals surface area contributed by atoms with E-state index in [1.807, 2.05) is 24.3 Å². The molecule has 31 heavy (non-hydrogen) atoms. The summed E-state index contributed by atoms with van der Waals surface area (Å²) in [5, 5.41) is 7.54. The molecule has 1 amide bonds. The number of nitrogens with zero attached hydrogens (tertiary/aromatic N) is 7. The van der Waals surface area contributed by atoms with Crippen molar-refractivity contribution in [2.45, 2.75) is 32.2 Å². The van der Waals surface area contributed by atoms with Crippen molar-refractivity contribution in [1.29, 1.82) is 0 Å². The summed E-state index contributed by atoms with van der Waals surface area (Å²) in [6, 6.07) is 4.24. The molecule has 0 atom stereocenters. The zero-order valence-electron chi connectivity index (χ0n) is 18.5. The van der Waals surface area contributed by atoms with Gasteiger partial charge >= 0.3 is 0 Å². The second-order valence-corrected chi connectivity index (χ2v) is 8.17. The number of pyridine rings is 1. The molecule has 2 fully saturated rings. The Bertz CT molecular complexity index is 898. The molecule has 2 aromatic heterocycles. The molecular weight excluding hydrogens is 392 g/mol. The average molecular weight is 425 g/mol. The van der Waals surface area contributed by atoms with E-state index in [-0.39, 0.29) is 5.91 Å². The van der Waals surface area contributed by atoms with Crippen molar-refractivity contribution >= 4 is 23.4 Å². The van der Waals surface area contributed by atoms with Crippen LogP contribution in [0, 0.1) is 0 Å². The fourth-order valence-electron chi connectivity index (χ4n) is 4.20. The van der Waals surface area contributed by atoms with Gasteiger partial charge in [0.05, 0.1) is 11.9 Å². The minimum Gasteiger partial charge on any atom is -0.357 e. The number of aromatic nitrogens is 3. The molecule has 166 valence electrons. The van der Waals surface area contributed by atoms with Gasteiger partial charge < -0.3 is 20.0 Å². The molecule has 2 aromatic rings. The fourth-order valence-corrected chi connectivity index (χ4v) is 4.20. The Labute approximate surface area is 183 Å². The Morgan fingerprint density at radius 2 is 1.90 bits per heavy atom. The predicted octanol–water partition coefficient (Wildman–Crippen LogP) is 1.62. The number of rotatable bonds is 4. The summed E-state index contributed by atoms with van der Waals surface area (Å²) >= 11 is 0. The highest BCUT2D eigenvalue weighted by atomic mass is 16.2. The molecule has 2 saturated heterocycles. The van der Waals surface area contributed by atoms with Crippen LogP contribution in [0.4, 0.5) is 11.5 Å². The third-order valence-corrected chi connectivity index (χ3v) is 5.92. The maximum atomic E-state index is 12.7. The first-order valence-corrected chi connectivity index (χ1v) is 11.1. The van der Waals surface area contributed by atoms with Gasteiger partial charge in [-0.05, 0) is 24.5 Å². The van der Waals surface area contributed by atoms with E-state index in [0.717, 1.165) is 36.1 Å². The molecular formula is C22H32N8O. The summed E-state index contributed by atoms with van der Waals surface area (Å²) in [5.41, 5.74) is 1.94. The third-order valence-electron chi connectivity index (χ3n) is 5.92. The first-order valence-electron chi connectivity index (χ1n) is 11.1. The minimum atomic E-state index is 0.0469. The number of nitrogens with one attached hydrogen (secondary N) is 1. The zero-order valence-corrected chi connectivity index (χ0v) is 18.5. The minimum absolute atomic E-state index is 0.0469. The summed E-state index contributed by atoms with van der Waals surface area (Å²) in [5.74, 6) is 1.84. The van der Waals surface area contributed by atoms with E-state index in [1.54, 1.807) is 22.8 Å². The van der Waals surface area contributed by atoms with Gasteiger partial charge in [0.1, 0.15) is 12.4 Å². The number of aryl methyl sites for hydroxylation is 1. The molecule has 0 aromatic carbocycles. The van der Waals surface area contributed by atoms with Crippen molar-refractivity contribution < 1.29 is 4.79 Å². The number of hydrogen-bond acceptors (Lipinski definition) is 5. The molecule has 4 rings (SSSR count). The average Bonchev–Trinajstić information content (AvgIpc) is 3.04. The number of anilines is 2. The van der Waals surface area contributed by atoms with E-state index < -0.39 is 0 Å². The lowest BCUT2D eigenvalue weighted by molar-refractivity contribution is -0.120. The van der Waals surface area contributed by atoms with Gasteiger partial charge in [0.15, 0.2) is 5.96 Å². The highest BCUT2D eigenvalue weighted by molar-refractivity contribution is 5.98. The van der Waals surface area contributed by atoms with E-state index in [9.17, 15) is 4.79 Å². The van der Waals surface area contributed by atoms with Gasteiger partial charge in [0.2, 0.25) is 5.91 Å². The summed E-state index contributed by atoms with van der Waals surface area (Å²) in [7, 11) is 3.60. The van der Waals surface area contributed by atoms with Crippen LogP contribution in [0.2, 0.25) is 0 Å². The first kappa shape index (κ1) is 21.1. The summed E-state index contributed by atoms with van der Waals surface area (Å²) in [6.07, 6.45) is 10.6. The van der Waals surface area contributed by atoms with E-state index in [4.69, 9.17) is 0 Å². The van der Waals surface area contributed by atoms with E-state index in [0.29, 0.717) is 26.2 Å². The van der Waals surface area contributed by atoms with Gasteiger partial charge in [0.25, 0.3) is 0 Å². The van der Waals surface area contributed by atoms with Gasteiger partial charge in [-0.2, -0.15) is 5.10 Å². The number of amides is 1. The Morgan fingerprint density at radius 1 is 1.10 bits per heavy atom. The molecule has 0 bridgehead atoms. The topological polar surface area (TPSA) is 81.9 Å². The quantitative estimate of drug-likeness (QED) is 0.593. The first-order chi connectivity index (χ1) is 15.1. The molecule has 2 aliphatic rings. The lowest BCUT2D eigenvalue weighted by Crippen LogP contribution is -2.55. The van der Waals surface area contributed by atoms with Gasteiger partial charge in [-0.3, -0.25) is 14.5 Å². The number of guanidine groups is 1. The monoisotopic (exact) mass is 424 g/mol. The number of piperazine rings is 1. The maximum absolute atomic E-state index is 12.7. The van der Waals surface area contributed by atoms with Gasteiger partial charge in [-0.1, -0.05) is 18.9 Å². The Balaban J connectivity index is 1.31. The van der Waals surface area contributed by atoms with Crippen LogP contribution in [0.25, 0.3) is 0 Å². The van der Waals surface area contributed by atoms with Crippen LogP contribution >= 0.6 is 0 Å². The van der Waals surface area contributed by atoms with Crippen molar-refractivity contribution in [2.24, 2.45) is 12.0 Å². The lowest BCUT2D eigenvalue weighted by Gasteiger charge is -2.35. The van der Waals surface area contributed by atoms with E-state index >= 15 is 0 Å². The molecule has 0 aliphatic carbocycles. The van der Waals surface area contributed by atoms with Crippen LogP contribution < -0.4 is 15.1 Å². The second kappa shape index (κ2) is 9.80. The van der Waals surface area contributed by atoms with Crippen LogP contribution in [-0.4, -0.2) is 71.3 Å². The standard InChI is InChI=1S/C22H32N8O/c1-23-22(29-11-12-30(21(31)17-29)19-15-26-27(2)16-19)25-14-18-7-8-20(24-13-18)28-9-5-3-4-6-10-28/h7-8,13,15-16H,3-6,9-12,14,17H2,1-2H3,(H,23,25). The smallest absolute Gasteiger partial charge is 0.246 e. The molecule has 0 spiro atoms. The van der Waals surface area contributed by atoms with E-state index in [1.165, 1.54) is 25.7 Å². The number of carbonyl (C=O) groups excluding carboxylic acids is 1. The number of carbonyl (C=O) groups is 1. The van der Waals surface area contributed by atoms with Crippen molar-refractivity contribution in [3.05, 3.63) is 36.3 Å². The Kier molecular flexibility index (Phi) is 6.69. The SMILES string of the molecule is CN=C(NCc1ccc(N2CCCCCC2)nc1)N1CCN(c2cnn(C)c2)C(=O)C1. The molecule has 0 unspecified atom stereocenters. The molecule has 1 N–H and O–H groups in total. The lowest BCUT2D eigenvalue weighted by atomic mass is 10.2. The van der Waals surface area contributed by atoms with Crippen LogP contribution in [0.3, 0.4) is 0 Å². The third kappa shape index (κ3) is 5.15. The van der Waals surface area contributed by atoms with Gasteiger partial charge in [-0.15, -0.1) is 0 Å². The van der Waals surface area contributed by atoms with Gasteiger partial charge in [0, 0.05) is 59.2 Å². The fraction of sp³-hybridized carbons (Fsp3) is 0.545. The van der Waals surface area contributed by atoms with Crippen LogP contribution in [0.1, 0.15) is 31.2 Å². The molecule has 0 saturated carbocycles. The van der Waals surface area contributed by atoms with Crippen molar-refractivity contribution in [2.75, 3.05) is 49.6 Å². The summed E-state index contributed by atoms with van der Waals surface area (Å²) in [4.78, 5) is 27.9. The van der Waals surface area contributed by atoms with Crippen molar-refractivity contribution in [3.63, 3.8) is 0 Å². The zero-order chi connectivity index (χ0) is 21.6. The van der Waals surface area contributed by atoms with Crippen LogP contribution in [0.5, 0.6) is 0 Å². The number of hydrogen-bond donors (Lipinski definition) is 1.